The van der Waals surface area contributed by atoms with Gasteiger partial charge >= 0.3 is 0 Å². The van der Waals surface area contributed by atoms with E-state index < -0.39 is 0 Å². The molecular weight excluding hydrogens is 216 g/mol. The van der Waals surface area contributed by atoms with E-state index >= 15 is 0 Å². The van der Waals surface area contributed by atoms with Crippen LogP contribution in [0.1, 0.15) is 0 Å². The van der Waals surface area contributed by atoms with Gasteiger partial charge in [0.25, 0.3) is 0 Å². The fourth-order valence-electron chi connectivity index (χ4n) is 1.55. The standard InChI is InChI=1S/C10H21ClN2O2/c1-12-4-5-13(2)10(9-12)15-8-7-14-6-3-11/h10H,3-9H2,1-2H3. The molecule has 1 aliphatic rings. The Hall–Kier alpha value is 0.130. The van der Waals surface area contributed by atoms with Gasteiger partial charge in [0.15, 0.2) is 0 Å². The second-order valence-corrected chi connectivity index (χ2v) is 4.25. The summed E-state index contributed by atoms with van der Waals surface area (Å²) in [6, 6.07) is 0. The van der Waals surface area contributed by atoms with Crippen molar-refractivity contribution in [2.24, 2.45) is 0 Å². The van der Waals surface area contributed by atoms with Gasteiger partial charge in [-0.05, 0) is 14.1 Å². The minimum atomic E-state index is 0.198. The maximum Gasteiger partial charge on any atom is 0.123 e. The van der Waals surface area contributed by atoms with E-state index in [1.807, 2.05) is 0 Å². The van der Waals surface area contributed by atoms with Gasteiger partial charge in [0.1, 0.15) is 6.23 Å². The fourth-order valence-corrected chi connectivity index (χ4v) is 1.66. The number of halogens is 1. The van der Waals surface area contributed by atoms with Gasteiger partial charge in [-0.25, -0.2) is 0 Å². The van der Waals surface area contributed by atoms with Crippen molar-refractivity contribution in [1.29, 1.82) is 0 Å². The molecule has 0 spiro atoms. The summed E-state index contributed by atoms with van der Waals surface area (Å²) >= 11 is 5.49. The molecule has 0 radical (unpaired) electrons. The van der Waals surface area contributed by atoms with E-state index in [0.717, 1.165) is 19.6 Å². The second kappa shape index (κ2) is 7.41. The summed E-state index contributed by atoms with van der Waals surface area (Å²) in [5.41, 5.74) is 0. The van der Waals surface area contributed by atoms with Crippen molar-refractivity contribution in [3.63, 3.8) is 0 Å². The van der Waals surface area contributed by atoms with Crippen molar-refractivity contribution in [2.75, 3.05) is 59.4 Å². The van der Waals surface area contributed by atoms with Crippen LogP contribution in [0.25, 0.3) is 0 Å². The highest BCUT2D eigenvalue weighted by Gasteiger charge is 2.22. The molecule has 1 unspecified atom stereocenters. The molecule has 1 saturated heterocycles. The van der Waals surface area contributed by atoms with Crippen LogP contribution < -0.4 is 0 Å². The summed E-state index contributed by atoms with van der Waals surface area (Å²) in [4.78, 5) is 4.52. The molecule has 4 nitrogen and oxygen atoms in total. The van der Waals surface area contributed by atoms with Crippen LogP contribution in [0.5, 0.6) is 0 Å². The van der Waals surface area contributed by atoms with Crippen molar-refractivity contribution in [3.05, 3.63) is 0 Å². The Balaban J connectivity index is 2.08. The molecule has 1 fully saturated rings. The average molecular weight is 237 g/mol. The van der Waals surface area contributed by atoms with E-state index in [1.165, 1.54) is 0 Å². The molecule has 5 heteroatoms. The van der Waals surface area contributed by atoms with Crippen molar-refractivity contribution in [3.8, 4) is 0 Å². The highest BCUT2D eigenvalue weighted by Crippen LogP contribution is 2.06. The molecule has 0 aromatic rings. The normalized spacial score (nSPS) is 24.6. The molecule has 90 valence electrons. The van der Waals surface area contributed by atoms with Crippen LogP contribution in [0, 0.1) is 0 Å². The topological polar surface area (TPSA) is 24.9 Å². The van der Waals surface area contributed by atoms with E-state index in [1.54, 1.807) is 0 Å². The minimum absolute atomic E-state index is 0.198. The molecule has 0 N–H and O–H groups in total. The van der Waals surface area contributed by atoms with Crippen molar-refractivity contribution >= 4 is 11.6 Å². The van der Waals surface area contributed by atoms with E-state index in [9.17, 15) is 0 Å². The molecule has 0 aromatic heterocycles. The zero-order valence-corrected chi connectivity index (χ0v) is 10.4. The first-order valence-electron chi connectivity index (χ1n) is 5.38. The highest BCUT2D eigenvalue weighted by atomic mass is 35.5. The molecule has 0 amide bonds. The molecule has 0 bridgehead atoms. The molecule has 15 heavy (non-hydrogen) atoms. The number of hydrogen-bond acceptors (Lipinski definition) is 4. The Kier molecular flexibility index (Phi) is 6.52. The molecule has 1 rings (SSSR count). The van der Waals surface area contributed by atoms with Crippen molar-refractivity contribution in [2.45, 2.75) is 6.23 Å². The van der Waals surface area contributed by atoms with Gasteiger partial charge in [0, 0.05) is 25.5 Å². The Labute approximate surface area is 97.1 Å². The van der Waals surface area contributed by atoms with E-state index in [2.05, 4.69) is 23.9 Å². The van der Waals surface area contributed by atoms with Crippen LogP contribution in [0.15, 0.2) is 0 Å². The third-order valence-electron chi connectivity index (χ3n) is 2.55. The van der Waals surface area contributed by atoms with Crippen molar-refractivity contribution in [1.82, 2.24) is 9.80 Å². The Morgan fingerprint density at radius 1 is 1.20 bits per heavy atom. The van der Waals surface area contributed by atoms with E-state index in [4.69, 9.17) is 21.1 Å². The summed E-state index contributed by atoms with van der Waals surface area (Å²) in [6.45, 7) is 5.00. The van der Waals surface area contributed by atoms with Gasteiger partial charge in [0.05, 0.1) is 19.8 Å². The lowest BCUT2D eigenvalue weighted by molar-refractivity contribution is -0.0971. The van der Waals surface area contributed by atoms with Crippen LogP contribution in [0.3, 0.4) is 0 Å². The molecule has 0 aromatic carbocycles. The number of alkyl halides is 1. The summed E-state index contributed by atoms with van der Waals surface area (Å²) in [5.74, 6) is 0.548. The lowest BCUT2D eigenvalue weighted by Crippen LogP contribution is -2.51. The van der Waals surface area contributed by atoms with Crippen molar-refractivity contribution < 1.29 is 9.47 Å². The summed E-state index contributed by atoms with van der Waals surface area (Å²) in [7, 11) is 4.21. The molecule has 0 saturated carbocycles. The maximum absolute atomic E-state index is 5.73. The molecule has 0 aliphatic carbocycles. The second-order valence-electron chi connectivity index (χ2n) is 3.87. The van der Waals surface area contributed by atoms with Crippen LogP contribution in [0.4, 0.5) is 0 Å². The van der Waals surface area contributed by atoms with Crippen LogP contribution in [0.2, 0.25) is 0 Å². The monoisotopic (exact) mass is 236 g/mol. The van der Waals surface area contributed by atoms with E-state index in [0.29, 0.717) is 25.7 Å². The Morgan fingerprint density at radius 3 is 2.73 bits per heavy atom. The number of ether oxygens (including phenoxy) is 2. The number of rotatable bonds is 6. The predicted molar refractivity (Wildman–Crippen MR) is 61.4 cm³/mol. The van der Waals surface area contributed by atoms with Gasteiger partial charge in [0.2, 0.25) is 0 Å². The Morgan fingerprint density at radius 2 is 2.00 bits per heavy atom. The zero-order chi connectivity index (χ0) is 11.1. The zero-order valence-electron chi connectivity index (χ0n) is 9.62. The molecular formula is C10H21ClN2O2. The largest absolute Gasteiger partial charge is 0.378 e. The fraction of sp³-hybridized carbons (Fsp3) is 1.00. The van der Waals surface area contributed by atoms with Gasteiger partial charge in [-0.15, -0.1) is 11.6 Å². The number of piperazine rings is 1. The average Bonchev–Trinajstić information content (AvgIpc) is 2.23. The smallest absolute Gasteiger partial charge is 0.123 e. The van der Waals surface area contributed by atoms with Crippen LogP contribution >= 0.6 is 11.6 Å². The third kappa shape index (κ3) is 5.13. The van der Waals surface area contributed by atoms with Gasteiger partial charge < -0.3 is 14.4 Å². The quantitative estimate of drug-likeness (QED) is 0.494. The predicted octanol–water partition coefficient (Wildman–Crippen LogP) is 0.462. The summed E-state index contributed by atoms with van der Waals surface area (Å²) in [5, 5.41) is 0. The first kappa shape index (κ1) is 13.2. The van der Waals surface area contributed by atoms with E-state index in [-0.39, 0.29) is 6.23 Å². The minimum Gasteiger partial charge on any atom is -0.378 e. The summed E-state index contributed by atoms with van der Waals surface area (Å²) < 4.78 is 11.0. The highest BCUT2D eigenvalue weighted by molar-refractivity contribution is 6.17. The number of nitrogens with zero attached hydrogens (tertiary/aromatic N) is 2. The lowest BCUT2D eigenvalue weighted by Gasteiger charge is -2.37. The van der Waals surface area contributed by atoms with Gasteiger partial charge in [-0.1, -0.05) is 0 Å². The first-order chi connectivity index (χ1) is 7.24. The summed E-state index contributed by atoms with van der Waals surface area (Å²) in [6.07, 6.45) is 0.198. The molecule has 1 atom stereocenters. The first-order valence-corrected chi connectivity index (χ1v) is 5.91. The van der Waals surface area contributed by atoms with Gasteiger partial charge in [-0.3, -0.25) is 4.90 Å². The Bertz CT molecular complexity index is 172. The maximum atomic E-state index is 5.73. The molecule has 1 aliphatic heterocycles. The lowest BCUT2D eigenvalue weighted by atomic mass is 10.3. The van der Waals surface area contributed by atoms with Crippen LogP contribution in [-0.4, -0.2) is 75.5 Å². The number of hydrogen-bond donors (Lipinski definition) is 0. The van der Waals surface area contributed by atoms with Gasteiger partial charge in [-0.2, -0.15) is 0 Å². The molecule has 1 heterocycles. The SMILES string of the molecule is CN1CCN(C)C(OCCOCCCl)C1. The number of likely N-dealkylation sites (N-methyl/N-ethyl adjacent to an activating group) is 2. The van der Waals surface area contributed by atoms with Crippen LogP contribution in [-0.2, 0) is 9.47 Å². The third-order valence-corrected chi connectivity index (χ3v) is 2.71.